The molecular weight excluding hydrogens is 225 g/mol. The van der Waals surface area contributed by atoms with Gasteiger partial charge in [0.1, 0.15) is 0 Å². The van der Waals surface area contributed by atoms with Gasteiger partial charge in [0.2, 0.25) is 11.9 Å². The van der Waals surface area contributed by atoms with E-state index in [0.29, 0.717) is 6.42 Å². The minimum Gasteiger partial charge on any atom is -0.389 e. The maximum absolute atomic E-state index is 13.6. The molecule has 0 radical (unpaired) electrons. The summed E-state index contributed by atoms with van der Waals surface area (Å²) >= 11 is 0. The number of aliphatic hydroxyl groups is 1. The van der Waals surface area contributed by atoms with Crippen LogP contribution in [0.2, 0.25) is 0 Å². The largest absolute Gasteiger partial charge is 0.389 e. The van der Waals surface area contributed by atoms with Gasteiger partial charge in [0, 0.05) is 25.1 Å². The van der Waals surface area contributed by atoms with E-state index in [0.717, 1.165) is 5.01 Å². The molecule has 0 heterocycles. The molecule has 1 atom stereocenters. The number of nitrogens with one attached hydrogen (secondary N) is 1. The zero-order valence-corrected chi connectivity index (χ0v) is 10.8. The molecule has 0 fully saturated rings. The molecule has 100 valence electrons. The van der Waals surface area contributed by atoms with E-state index in [-0.39, 0.29) is 23.9 Å². The molecule has 0 aliphatic heterocycles. The van der Waals surface area contributed by atoms with Gasteiger partial charge >= 0.3 is 0 Å². The van der Waals surface area contributed by atoms with Crippen LogP contribution in [0.15, 0.2) is 11.5 Å². The van der Waals surface area contributed by atoms with Crippen molar-refractivity contribution in [2.45, 2.75) is 33.3 Å². The first kappa shape index (κ1) is 15.9. The molecule has 4 N–H and O–H groups in total. The van der Waals surface area contributed by atoms with Crippen molar-refractivity contribution in [3.63, 3.8) is 0 Å². The van der Waals surface area contributed by atoms with Crippen LogP contribution in [0.1, 0.15) is 27.2 Å². The number of carbonyl (C=O) groups excluding carboxylic acids is 1. The third-order valence-electron chi connectivity index (χ3n) is 2.34. The molecule has 5 nitrogen and oxygen atoms in total. The highest BCUT2D eigenvalue weighted by atomic mass is 19.1. The average molecular weight is 247 g/mol. The molecule has 6 heteroatoms. The highest BCUT2D eigenvalue weighted by Gasteiger charge is 2.18. The van der Waals surface area contributed by atoms with Gasteiger partial charge in [-0.3, -0.25) is 9.80 Å². The summed E-state index contributed by atoms with van der Waals surface area (Å²) in [6, 6.07) is 0. The van der Waals surface area contributed by atoms with E-state index in [1.807, 2.05) is 0 Å². The summed E-state index contributed by atoms with van der Waals surface area (Å²) in [5, 5.41) is 13.0. The van der Waals surface area contributed by atoms with Crippen LogP contribution in [0.25, 0.3) is 0 Å². The number of rotatable bonds is 6. The summed E-state index contributed by atoms with van der Waals surface area (Å²) in [5.41, 5.74) is 0.0894. The van der Waals surface area contributed by atoms with Crippen molar-refractivity contribution in [2.24, 2.45) is 11.8 Å². The fourth-order valence-corrected chi connectivity index (χ4v) is 1.19. The Bertz CT molecular complexity index is 290. The van der Waals surface area contributed by atoms with Crippen LogP contribution >= 0.6 is 0 Å². The summed E-state index contributed by atoms with van der Waals surface area (Å²) < 4.78 is 13.6. The van der Waals surface area contributed by atoms with Crippen LogP contribution in [-0.2, 0) is 4.79 Å². The summed E-state index contributed by atoms with van der Waals surface area (Å²) in [6.07, 6.45) is -0.595. The molecular formula is C11H22FN3O2. The average Bonchev–Trinajstić information content (AvgIpc) is 2.27. The Kier molecular flexibility index (Phi) is 6.75. The third kappa shape index (κ3) is 5.14. The monoisotopic (exact) mass is 247 g/mol. The number of nitrogens with two attached hydrogens (primary N) is 1. The van der Waals surface area contributed by atoms with Crippen molar-refractivity contribution in [3.05, 3.63) is 11.5 Å². The van der Waals surface area contributed by atoms with Crippen LogP contribution in [0.3, 0.4) is 0 Å². The number of hydrazine groups is 1. The summed E-state index contributed by atoms with van der Waals surface area (Å²) in [6.45, 7) is 5.15. The SMILES string of the molecule is CCC(O)/C(CNC(=O)C(C)C)=C(/F)N(C)N. The molecule has 1 unspecified atom stereocenters. The lowest BCUT2D eigenvalue weighted by Crippen LogP contribution is -2.35. The van der Waals surface area contributed by atoms with Crippen molar-refractivity contribution in [1.29, 1.82) is 0 Å². The lowest BCUT2D eigenvalue weighted by Gasteiger charge is -2.19. The molecule has 0 rings (SSSR count). The maximum atomic E-state index is 13.6. The molecule has 0 aliphatic rings. The van der Waals surface area contributed by atoms with Gasteiger partial charge in [0.25, 0.3) is 0 Å². The zero-order chi connectivity index (χ0) is 13.6. The van der Waals surface area contributed by atoms with Gasteiger partial charge in [-0.2, -0.15) is 4.39 Å². The second-order valence-corrected chi connectivity index (χ2v) is 4.22. The van der Waals surface area contributed by atoms with Crippen molar-refractivity contribution >= 4 is 5.91 Å². The van der Waals surface area contributed by atoms with Crippen LogP contribution in [0, 0.1) is 5.92 Å². The molecule has 1 amide bonds. The van der Waals surface area contributed by atoms with Gasteiger partial charge < -0.3 is 10.4 Å². The van der Waals surface area contributed by atoms with Gasteiger partial charge in [-0.05, 0) is 6.42 Å². The van der Waals surface area contributed by atoms with Crippen LogP contribution < -0.4 is 11.2 Å². The highest BCUT2D eigenvalue weighted by molar-refractivity contribution is 5.78. The molecule has 0 aromatic carbocycles. The van der Waals surface area contributed by atoms with E-state index in [4.69, 9.17) is 5.84 Å². The molecule has 0 aromatic rings. The van der Waals surface area contributed by atoms with Crippen molar-refractivity contribution < 1.29 is 14.3 Å². The van der Waals surface area contributed by atoms with Gasteiger partial charge in [0.15, 0.2) is 0 Å². The van der Waals surface area contributed by atoms with Gasteiger partial charge in [-0.25, -0.2) is 5.84 Å². The molecule has 0 saturated heterocycles. The van der Waals surface area contributed by atoms with Crippen molar-refractivity contribution in [1.82, 2.24) is 10.3 Å². The molecule has 0 aliphatic carbocycles. The fourth-order valence-electron chi connectivity index (χ4n) is 1.19. The van der Waals surface area contributed by atoms with E-state index < -0.39 is 12.1 Å². The standard InChI is InChI=1S/C11H22FN3O2/c1-5-9(16)8(10(12)15(4)13)6-14-11(17)7(2)3/h7,9,16H,5-6,13H2,1-4H3,(H,14,17)/b10-8-. The Labute approximate surface area is 101 Å². The quantitative estimate of drug-likeness (QED) is 0.363. The van der Waals surface area contributed by atoms with Crippen LogP contribution in [0.4, 0.5) is 4.39 Å². The predicted octanol–water partition coefficient (Wildman–Crippen LogP) is 0.516. The Morgan fingerprint density at radius 3 is 2.41 bits per heavy atom. The number of carbonyl (C=O) groups is 1. The predicted molar refractivity (Wildman–Crippen MR) is 64.2 cm³/mol. The topological polar surface area (TPSA) is 78.6 Å². The Hall–Kier alpha value is -1.14. The summed E-state index contributed by atoms with van der Waals surface area (Å²) in [7, 11) is 1.34. The number of hydrogen-bond donors (Lipinski definition) is 3. The minimum atomic E-state index is -0.950. The number of nitrogens with zero attached hydrogens (tertiary/aromatic N) is 1. The van der Waals surface area contributed by atoms with Crippen molar-refractivity contribution in [3.8, 4) is 0 Å². The minimum absolute atomic E-state index is 0.0423. The first-order valence-corrected chi connectivity index (χ1v) is 5.63. The van der Waals surface area contributed by atoms with E-state index in [9.17, 15) is 14.3 Å². The first-order valence-electron chi connectivity index (χ1n) is 5.63. The molecule has 0 spiro atoms. The molecule has 0 aromatic heterocycles. The molecule has 17 heavy (non-hydrogen) atoms. The van der Waals surface area contributed by atoms with Gasteiger partial charge in [-0.1, -0.05) is 20.8 Å². The van der Waals surface area contributed by atoms with Gasteiger partial charge in [-0.15, -0.1) is 0 Å². The maximum Gasteiger partial charge on any atom is 0.222 e. The van der Waals surface area contributed by atoms with E-state index >= 15 is 0 Å². The van der Waals surface area contributed by atoms with Gasteiger partial charge in [0.05, 0.1) is 6.10 Å². The summed E-state index contributed by atoms with van der Waals surface area (Å²) in [4.78, 5) is 11.4. The van der Waals surface area contributed by atoms with E-state index in [1.165, 1.54) is 7.05 Å². The lowest BCUT2D eigenvalue weighted by atomic mass is 10.1. The summed E-state index contributed by atoms with van der Waals surface area (Å²) in [5.74, 6) is 4.17. The van der Waals surface area contributed by atoms with Crippen molar-refractivity contribution in [2.75, 3.05) is 13.6 Å². The second-order valence-electron chi connectivity index (χ2n) is 4.22. The first-order chi connectivity index (χ1) is 7.81. The van der Waals surface area contributed by atoms with Crippen LogP contribution in [-0.4, -0.2) is 35.7 Å². The third-order valence-corrected chi connectivity index (χ3v) is 2.34. The Morgan fingerprint density at radius 1 is 1.53 bits per heavy atom. The highest BCUT2D eigenvalue weighted by Crippen LogP contribution is 2.14. The Morgan fingerprint density at radius 2 is 2.06 bits per heavy atom. The fraction of sp³-hybridized carbons (Fsp3) is 0.727. The number of halogens is 1. The zero-order valence-electron chi connectivity index (χ0n) is 10.8. The number of aliphatic hydroxyl groups excluding tert-OH is 1. The second kappa shape index (κ2) is 7.24. The van der Waals surface area contributed by atoms with E-state index in [1.54, 1.807) is 20.8 Å². The van der Waals surface area contributed by atoms with Crippen LogP contribution in [0.5, 0.6) is 0 Å². The lowest BCUT2D eigenvalue weighted by molar-refractivity contribution is -0.123. The number of hydrogen-bond acceptors (Lipinski definition) is 4. The van der Waals surface area contributed by atoms with E-state index in [2.05, 4.69) is 5.32 Å². The Balaban J connectivity index is 4.74. The smallest absolute Gasteiger partial charge is 0.222 e. The normalized spacial score (nSPS) is 14.4. The molecule has 0 bridgehead atoms. The number of amides is 1. The molecule has 0 saturated carbocycles.